The Hall–Kier alpha value is -2.60. The summed E-state index contributed by atoms with van der Waals surface area (Å²) in [7, 11) is 0.827. The van der Waals surface area contributed by atoms with Gasteiger partial charge in [0.25, 0.3) is 5.56 Å². The highest BCUT2D eigenvalue weighted by atomic mass is 35.5. The quantitative estimate of drug-likeness (QED) is 0.617. The molecule has 2 aliphatic rings. The summed E-state index contributed by atoms with van der Waals surface area (Å²) in [4.78, 5) is 43.0. The van der Waals surface area contributed by atoms with Crippen LogP contribution in [-0.2, 0) is 18.0 Å². The first kappa shape index (κ1) is 22.6. The summed E-state index contributed by atoms with van der Waals surface area (Å²) < 4.78 is 54.4. The number of amides is 1. The van der Waals surface area contributed by atoms with Gasteiger partial charge < -0.3 is 0 Å². The highest BCUT2D eigenvalue weighted by molar-refractivity contribution is 8.15. The van der Waals surface area contributed by atoms with Crippen LogP contribution in [0, 0.1) is 5.82 Å². The van der Waals surface area contributed by atoms with E-state index in [-0.39, 0.29) is 43.6 Å². The summed E-state index contributed by atoms with van der Waals surface area (Å²) >= 11 is 7.27. The Kier molecular flexibility index (Phi) is 5.70. The molecule has 2 heterocycles. The number of carbonyl (C=O) groups excluding carboxylic acids is 1. The van der Waals surface area contributed by atoms with Crippen LogP contribution in [0.4, 0.5) is 23.2 Å². The normalized spacial score (nSPS) is 18.5. The topological polar surface area (TPSA) is 76.7 Å². The minimum atomic E-state index is -4.95. The minimum absolute atomic E-state index is 0.0137. The number of aromatic nitrogens is 2. The van der Waals surface area contributed by atoms with Gasteiger partial charge in [0.15, 0.2) is 5.17 Å². The molecular weight excluding hydrogens is 476 g/mol. The van der Waals surface area contributed by atoms with E-state index in [1.807, 2.05) is 0 Å². The summed E-state index contributed by atoms with van der Waals surface area (Å²) in [6, 6.07) is 2.04. The largest absolute Gasteiger partial charge is 0.431 e. The van der Waals surface area contributed by atoms with Crippen LogP contribution in [0.2, 0.25) is 5.02 Å². The van der Waals surface area contributed by atoms with Gasteiger partial charge in [0.05, 0.1) is 22.2 Å². The van der Waals surface area contributed by atoms with Crippen LogP contribution in [0.1, 0.15) is 25.0 Å². The third-order valence-electron chi connectivity index (χ3n) is 5.32. The van der Waals surface area contributed by atoms with Crippen molar-refractivity contribution in [2.24, 2.45) is 12.0 Å². The van der Waals surface area contributed by atoms with Crippen LogP contribution in [0.25, 0.3) is 5.69 Å². The molecule has 0 N–H and O–H groups in total. The molecule has 4 rings (SSSR count). The van der Waals surface area contributed by atoms with Gasteiger partial charge in [-0.15, -0.1) is 0 Å². The first-order chi connectivity index (χ1) is 15.0. The first-order valence-electron chi connectivity index (χ1n) is 9.42. The highest BCUT2D eigenvalue weighted by Gasteiger charge is 2.38. The van der Waals surface area contributed by atoms with Gasteiger partial charge in [-0.25, -0.2) is 18.7 Å². The molecule has 0 radical (unpaired) electrons. The zero-order valence-corrected chi connectivity index (χ0v) is 18.0. The third-order valence-corrected chi connectivity index (χ3v) is 6.56. The van der Waals surface area contributed by atoms with Crippen molar-refractivity contribution < 1.29 is 22.4 Å². The molecule has 0 bridgehead atoms. The molecule has 2 fully saturated rings. The van der Waals surface area contributed by atoms with Crippen LogP contribution in [0.15, 0.2) is 32.8 Å². The van der Waals surface area contributed by atoms with Crippen LogP contribution >= 0.6 is 23.4 Å². The van der Waals surface area contributed by atoms with Crippen molar-refractivity contribution in [3.8, 4) is 5.69 Å². The smallest absolute Gasteiger partial charge is 0.292 e. The number of alkyl halides is 3. The molecule has 7 nitrogen and oxygen atoms in total. The maximum atomic E-state index is 14.7. The average Bonchev–Trinajstić information content (AvgIpc) is 3.00. The number of hydrogen-bond acceptors (Lipinski definition) is 5. The fourth-order valence-corrected chi connectivity index (χ4v) is 4.61. The van der Waals surface area contributed by atoms with Crippen molar-refractivity contribution >= 4 is 40.1 Å². The van der Waals surface area contributed by atoms with Crippen LogP contribution in [0.3, 0.4) is 0 Å². The van der Waals surface area contributed by atoms with Crippen molar-refractivity contribution in [3.05, 3.63) is 55.6 Å². The lowest BCUT2D eigenvalue weighted by molar-refractivity contribution is -0.144. The van der Waals surface area contributed by atoms with E-state index in [2.05, 4.69) is 4.99 Å². The van der Waals surface area contributed by atoms with Gasteiger partial charge in [0.1, 0.15) is 11.5 Å². The Morgan fingerprint density at radius 2 is 1.84 bits per heavy atom. The van der Waals surface area contributed by atoms with E-state index in [1.54, 1.807) is 4.90 Å². The fraction of sp³-hybridized carbons (Fsp3) is 0.368. The summed E-state index contributed by atoms with van der Waals surface area (Å²) in [5.74, 6) is -1.03. The molecule has 1 aliphatic heterocycles. The number of rotatable bonds is 3. The number of carbonyl (C=O) groups is 1. The summed E-state index contributed by atoms with van der Waals surface area (Å²) in [5, 5.41) is 0.205. The molecule has 1 aliphatic carbocycles. The van der Waals surface area contributed by atoms with Crippen molar-refractivity contribution in [2.75, 3.05) is 5.75 Å². The molecular formula is C19H15ClF4N4O3S. The molecule has 1 aromatic carbocycles. The summed E-state index contributed by atoms with van der Waals surface area (Å²) in [6.45, 7) is 0. The summed E-state index contributed by atoms with van der Waals surface area (Å²) in [5.41, 5.74) is -4.83. The minimum Gasteiger partial charge on any atom is -0.292 e. The van der Waals surface area contributed by atoms with E-state index in [9.17, 15) is 31.9 Å². The van der Waals surface area contributed by atoms with Gasteiger partial charge in [0.2, 0.25) is 5.91 Å². The van der Waals surface area contributed by atoms with E-state index < -0.39 is 34.6 Å². The Labute approximate surface area is 187 Å². The van der Waals surface area contributed by atoms with E-state index in [0.29, 0.717) is 5.17 Å². The molecule has 2 aromatic rings. The molecule has 1 saturated carbocycles. The SMILES string of the molecule is Cn1c(C(F)(F)F)cc(=O)n(-c2cc(N=C3SCC(=O)N3C3CCC3)c(Cl)cc2F)c1=O. The molecule has 1 saturated heterocycles. The number of halogens is 5. The Bertz CT molecular complexity index is 1270. The second-order valence-corrected chi connectivity index (χ2v) is 8.68. The lowest BCUT2D eigenvalue weighted by atomic mass is 9.92. The van der Waals surface area contributed by atoms with Gasteiger partial charge in [0, 0.05) is 19.2 Å². The maximum absolute atomic E-state index is 14.7. The standard InChI is InChI=1S/C19H15ClF4N4O3S/c1-26-14(19(22,23)24)7-15(29)28(18(26)31)13-6-12(10(20)5-11(13)21)25-17-27(9-3-2-4-9)16(30)8-32-17/h5-7,9H,2-4,8H2,1H3. The molecule has 32 heavy (non-hydrogen) atoms. The number of aliphatic imine (C=N–C) groups is 1. The zero-order chi connectivity index (χ0) is 23.4. The lowest BCUT2D eigenvalue weighted by Crippen LogP contribution is -2.43. The molecule has 0 atom stereocenters. The van der Waals surface area contributed by atoms with Gasteiger partial charge in [-0.3, -0.25) is 19.1 Å². The van der Waals surface area contributed by atoms with E-state index in [1.165, 1.54) is 11.8 Å². The number of hydrogen-bond donors (Lipinski definition) is 0. The van der Waals surface area contributed by atoms with Crippen molar-refractivity contribution in [2.45, 2.75) is 31.5 Å². The van der Waals surface area contributed by atoms with E-state index in [4.69, 9.17) is 11.6 Å². The first-order valence-corrected chi connectivity index (χ1v) is 10.8. The average molecular weight is 491 g/mol. The Morgan fingerprint density at radius 1 is 1.16 bits per heavy atom. The van der Waals surface area contributed by atoms with Gasteiger partial charge >= 0.3 is 11.9 Å². The third kappa shape index (κ3) is 3.85. The van der Waals surface area contributed by atoms with Crippen molar-refractivity contribution in [1.29, 1.82) is 0 Å². The van der Waals surface area contributed by atoms with Crippen molar-refractivity contribution in [3.63, 3.8) is 0 Å². The number of amidine groups is 1. The van der Waals surface area contributed by atoms with E-state index >= 15 is 0 Å². The predicted molar refractivity (Wildman–Crippen MR) is 111 cm³/mol. The zero-order valence-electron chi connectivity index (χ0n) is 16.4. The molecule has 1 aromatic heterocycles. The molecule has 13 heteroatoms. The lowest BCUT2D eigenvalue weighted by Gasteiger charge is -2.34. The van der Waals surface area contributed by atoms with Crippen molar-refractivity contribution in [1.82, 2.24) is 14.0 Å². The second kappa shape index (κ2) is 8.07. The Morgan fingerprint density at radius 3 is 2.44 bits per heavy atom. The fourth-order valence-electron chi connectivity index (χ4n) is 3.47. The predicted octanol–water partition coefficient (Wildman–Crippen LogP) is 3.46. The Balaban J connectivity index is 1.84. The highest BCUT2D eigenvalue weighted by Crippen LogP contribution is 2.36. The monoisotopic (exact) mass is 490 g/mol. The van der Waals surface area contributed by atoms with Crippen LogP contribution < -0.4 is 11.2 Å². The van der Waals surface area contributed by atoms with Crippen LogP contribution in [-0.4, -0.2) is 36.9 Å². The van der Waals surface area contributed by atoms with Gasteiger partial charge in [-0.1, -0.05) is 23.4 Å². The molecule has 0 spiro atoms. The molecule has 1 amide bonds. The molecule has 0 unspecified atom stereocenters. The van der Waals surface area contributed by atoms with E-state index in [0.717, 1.165) is 38.4 Å². The van der Waals surface area contributed by atoms with Gasteiger partial charge in [-0.05, 0) is 31.4 Å². The number of thioether (sulfide) groups is 1. The van der Waals surface area contributed by atoms with Crippen LogP contribution in [0.5, 0.6) is 0 Å². The van der Waals surface area contributed by atoms with Gasteiger partial charge in [-0.2, -0.15) is 13.2 Å². The number of nitrogens with zero attached hydrogens (tertiary/aromatic N) is 4. The second-order valence-electron chi connectivity index (χ2n) is 7.33. The molecule has 170 valence electrons. The maximum Gasteiger partial charge on any atom is 0.431 e. The summed E-state index contributed by atoms with van der Waals surface area (Å²) in [6.07, 6.45) is -2.32. The number of benzene rings is 1.